The number of aryl methyl sites for hydroxylation is 1. The lowest BCUT2D eigenvalue weighted by Crippen LogP contribution is -2.35. The highest BCUT2D eigenvalue weighted by Crippen LogP contribution is 2.19. The molecule has 2 aromatic carbocycles. The highest BCUT2D eigenvalue weighted by molar-refractivity contribution is 5.95. The molecule has 0 aliphatic carbocycles. The van der Waals surface area contributed by atoms with Gasteiger partial charge in [-0.2, -0.15) is 5.10 Å². The van der Waals surface area contributed by atoms with Crippen LogP contribution in [0, 0.1) is 12.7 Å². The molecule has 1 aromatic heterocycles. The Morgan fingerprint density at radius 2 is 1.81 bits per heavy atom. The molecule has 1 aliphatic rings. The zero-order chi connectivity index (χ0) is 21.8. The monoisotopic (exact) mass is 420 g/mol. The Kier molecular flexibility index (Phi) is 6.47. The smallest absolute Gasteiger partial charge is 0.257 e. The molecule has 1 saturated heterocycles. The molecule has 3 aromatic rings. The zero-order valence-corrected chi connectivity index (χ0v) is 18.2. The quantitative estimate of drug-likeness (QED) is 0.620. The Hall–Kier alpha value is -2.99. The third-order valence-corrected chi connectivity index (χ3v) is 6.04. The van der Waals surface area contributed by atoms with E-state index in [1.54, 1.807) is 23.0 Å². The fraction of sp³-hybridized carbons (Fsp3) is 0.360. The van der Waals surface area contributed by atoms with E-state index in [4.69, 9.17) is 0 Å². The fourth-order valence-corrected chi connectivity index (χ4v) is 4.23. The average molecular weight is 421 g/mol. The molecule has 0 unspecified atom stereocenters. The number of halogens is 1. The van der Waals surface area contributed by atoms with Gasteiger partial charge in [0.25, 0.3) is 5.91 Å². The lowest BCUT2D eigenvalue weighted by molar-refractivity contribution is 0.0760. The summed E-state index contributed by atoms with van der Waals surface area (Å²) in [6.07, 6.45) is 3.28. The molecule has 1 amide bonds. The van der Waals surface area contributed by atoms with Crippen LogP contribution in [0.5, 0.6) is 0 Å². The molecule has 0 saturated carbocycles. The first-order valence-electron chi connectivity index (χ1n) is 11.0. The minimum Gasteiger partial charge on any atom is -0.337 e. The summed E-state index contributed by atoms with van der Waals surface area (Å²) in [4.78, 5) is 17.7. The molecular weight excluding hydrogens is 391 g/mol. The van der Waals surface area contributed by atoms with Gasteiger partial charge < -0.3 is 4.90 Å². The Labute approximate surface area is 183 Å². The summed E-state index contributed by atoms with van der Waals surface area (Å²) < 4.78 is 15.0. The van der Waals surface area contributed by atoms with Gasteiger partial charge in [-0.05, 0) is 55.2 Å². The van der Waals surface area contributed by atoms with E-state index in [1.165, 1.54) is 23.3 Å². The molecule has 6 heteroatoms. The maximum absolute atomic E-state index is 13.3. The van der Waals surface area contributed by atoms with Crippen LogP contribution in [0.2, 0.25) is 0 Å². The third-order valence-electron chi connectivity index (χ3n) is 6.04. The third kappa shape index (κ3) is 4.69. The summed E-state index contributed by atoms with van der Waals surface area (Å²) in [5, 5.41) is 4.44. The van der Waals surface area contributed by atoms with Gasteiger partial charge in [-0.3, -0.25) is 9.69 Å². The Morgan fingerprint density at radius 3 is 2.55 bits per heavy atom. The van der Waals surface area contributed by atoms with E-state index in [0.717, 1.165) is 44.0 Å². The lowest BCUT2D eigenvalue weighted by Gasteiger charge is -2.22. The van der Waals surface area contributed by atoms with Crippen LogP contribution in [0.15, 0.2) is 54.7 Å². The van der Waals surface area contributed by atoms with Gasteiger partial charge >= 0.3 is 0 Å². The van der Waals surface area contributed by atoms with Crippen molar-refractivity contribution in [2.45, 2.75) is 33.2 Å². The van der Waals surface area contributed by atoms with Gasteiger partial charge in [-0.15, -0.1) is 0 Å². The normalized spacial score (nSPS) is 15.1. The van der Waals surface area contributed by atoms with Crippen molar-refractivity contribution >= 4 is 5.91 Å². The van der Waals surface area contributed by atoms with Gasteiger partial charge in [-0.1, -0.05) is 31.2 Å². The van der Waals surface area contributed by atoms with Crippen LogP contribution in [0.25, 0.3) is 5.69 Å². The van der Waals surface area contributed by atoms with E-state index >= 15 is 0 Å². The first kappa shape index (κ1) is 21.2. The summed E-state index contributed by atoms with van der Waals surface area (Å²) in [5.74, 6) is -0.256. The van der Waals surface area contributed by atoms with Crippen LogP contribution in [0.4, 0.5) is 4.39 Å². The van der Waals surface area contributed by atoms with Crippen LogP contribution in [-0.4, -0.2) is 51.7 Å². The van der Waals surface area contributed by atoms with E-state index in [1.807, 2.05) is 11.8 Å². The largest absolute Gasteiger partial charge is 0.337 e. The van der Waals surface area contributed by atoms with E-state index < -0.39 is 0 Å². The van der Waals surface area contributed by atoms with Crippen LogP contribution in [-0.2, 0) is 13.0 Å². The number of carbonyl (C=O) groups excluding carboxylic acids is 1. The predicted octanol–water partition coefficient (Wildman–Crippen LogP) is 4.23. The molecule has 0 radical (unpaired) electrons. The van der Waals surface area contributed by atoms with Gasteiger partial charge in [0.05, 0.1) is 23.1 Å². The van der Waals surface area contributed by atoms with Crippen LogP contribution >= 0.6 is 0 Å². The van der Waals surface area contributed by atoms with Crippen LogP contribution < -0.4 is 0 Å². The molecule has 0 spiro atoms. The number of hydrogen-bond donors (Lipinski definition) is 0. The fourth-order valence-electron chi connectivity index (χ4n) is 4.23. The molecule has 0 bridgehead atoms. The molecule has 31 heavy (non-hydrogen) atoms. The molecule has 162 valence electrons. The van der Waals surface area contributed by atoms with Crippen molar-refractivity contribution in [3.63, 3.8) is 0 Å². The molecule has 4 rings (SSSR count). The highest BCUT2D eigenvalue weighted by atomic mass is 19.1. The molecule has 2 heterocycles. The second-order valence-corrected chi connectivity index (χ2v) is 8.10. The topological polar surface area (TPSA) is 41.4 Å². The van der Waals surface area contributed by atoms with Crippen molar-refractivity contribution in [1.29, 1.82) is 0 Å². The minimum absolute atomic E-state index is 0.0305. The van der Waals surface area contributed by atoms with Gasteiger partial charge in [0.2, 0.25) is 0 Å². The maximum atomic E-state index is 13.3. The molecule has 0 N–H and O–H groups in total. The number of rotatable bonds is 5. The molecule has 0 atom stereocenters. The van der Waals surface area contributed by atoms with Crippen molar-refractivity contribution in [2.75, 3.05) is 26.2 Å². The predicted molar refractivity (Wildman–Crippen MR) is 120 cm³/mol. The Balaban J connectivity index is 1.47. The van der Waals surface area contributed by atoms with Crippen molar-refractivity contribution in [1.82, 2.24) is 19.6 Å². The molecule has 1 aliphatic heterocycles. The average Bonchev–Trinajstić information content (AvgIpc) is 3.07. The number of amides is 1. The van der Waals surface area contributed by atoms with E-state index in [-0.39, 0.29) is 11.7 Å². The van der Waals surface area contributed by atoms with Crippen molar-refractivity contribution in [3.8, 4) is 5.69 Å². The minimum atomic E-state index is -0.287. The van der Waals surface area contributed by atoms with Crippen molar-refractivity contribution in [3.05, 3.63) is 82.9 Å². The molecule has 5 nitrogen and oxygen atoms in total. The Morgan fingerprint density at radius 1 is 1.03 bits per heavy atom. The molecule has 1 fully saturated rings. The number of carbonyl (C=O) groups is 1. The van der Waals surface area contributed by atoms with Gasteiger partial charge in [0.15, 0.2) is 0 Å². The van der Waals surface area contributed by atoms with E-state index in [0.29, 0.717) is 18.5 Å². The summed E-state index contributed by atoms with van der Waals surface area (Å²) in [6.45, 7) is 8.36. The van der Waals surface area contributed by atoms with Crippen molar-refractivity contribution in [2.24, 2.45) is 0 Å². The summed E-state index contributed by atoms with van der Waals surface area (Å²) in [6, 6.07) is 14.7. The van der Waals surface area contributed by atoms with Gasteiger partial charge in [0.1, 0.15) is 5.82 Å². The zero-order valence-electron chi connectivity index (χ0n) is 18.2. The van der Waals surface area contributed by atoms with Gasteiger partial charge in [-0.25, -0.2) is 9.07 Å². The second kappa shape index (κ2) is 9.43. The summed E-state index contributed by atoms with van der Waals surface area (Å²) in [7, 11) is 0. The maximum Gasteiger partial charge on any atom is 0.257 e. The second-order valence-electron chi connectivity index (χ2n) is 8.10. The lowest BCUT2D eigenvalue weighted by atomic mass is 10.1. The number of nitrogens with zero attached hydrogens (tertiary/aromatic N) is 4. The number of hydrogen-bond acceptors (Lipinski definition) is 3. The standard InChI is InChI=1S/C25H29FN4O/c1-3-24-23(17-27-30(24)22-11-9-21(26)10-12-22)25(31)29-14-6-13-28(15-16-29)18-20-8-5-4-7-19(20)2/h4-5,7-12,17H,3,6,13-16,18H2,1-2H3. The number of benzene rings is 2. The SMILES string of the molecule is CCc1c(C(=O)N2CCCN(Cc3ccccc3C)CC2)cnn1-c1ccc(F)cc1. The van der Waals surface area contributed by atoms with Crippen LogP contribution in [0.1, 0.15) is 40.5 Å². The molecular formula is C25H29FN4O. The van der Waals surface area contributed by atoms with E-state index in [9.17, 15) is 9.18 Å². The summed E-state index contributed by atoms with van der Waals surface area (Å²) in [5.41, 5.74) is 4.91. The van der Waals surface area contributed by atoms with E-state index in [2.05, 4.69) is 41.2 Å². The first-order valence-corrected chi connectivity index (χ1v) is 11.0. The van der Waals surface area contributed by atoms with Crippen molar-refractivity contribution < 1.29 is 9.18 Å². The van der Waals surface area contributed by atoms with Gasteiger partial charge in [0, 0.05) is 32.7 Å². The van der Waals surface area contributed by atoms with Crippen LogP contribution in [0.3, 0.4) is 0 Å². The first-order chi connectivity index (χ1) is 15.1. The Bertz CT molecular complexity index is 1040. The number of aromatic nitrogens is 2. The summed E-state index contributed by atoms with van der Waals surface area (Å²) >= 11 is 0. The highest BCUT2D eigenvalue weighted by Gasteiger charge is 2.25.